The summed E-state index contributed by atoms with van der Waals surface area (Å²) in [7, 11) is 2.12. The van der Waals surface area contributed by atoms with Gasteiger partial charge in [0.15, 0.2) is 0 Å². The average molecular weight is 280 g/mol. The number of hydrogen-bond acceptors (Lipinski definition) is 4. The van der Waals surface area contributed by atoms with Crippen LogP contribution in [0.5, 0.6) is 0 Å². The Hall–Kier alpha value is -2.38. The summed E-state index contributed by atoms with van der Waals surface area (Å²) < 4.78 is 0. The highest BCUT2D eigenvalue weighted by molar-refractivity contribution is 5.50. The minimum Gasteiger partial charge on any atom is -0.369 e. The van der Waals surface area contributed by atoms with Crippen LogP contribution in [0.3, 0.4) is 0 Å². The van der Waals surface area contributed by atoms with Crippen LogP contribution < -0.4 is 5.32 Å². The first-order valence-corrected chi connectivity index (χ1v) is 7.11. The minimum atomic E-state index is 0.593. The van der Waals surface area contributed by atoms with Gasteiger partial charge in [-0.15, -0.1) is 0 Å². The highest BCUT2D eigenvalue weighted by Crippen LogP contribution is 2.09. The molecule has 0 aliphatic heterocycles. The van der Waals surface area contributed by atoms with Crippen LogP contribution in [-0.2, 0) is 6.54 Å². The van der Waals surface area contributed by atoms with E-state index in [0.29, 0.717) is 11.4 Å². The number of anilines is 1. The van der Waals surface area contributed by atoms with Crippen LogP contribution in [0.15, 0.2) is 48.7 Å². The number of nitriles is 1. The van der Waals surface area contributed by atoms with Crippen molar-refractivity contribution >= 4 is 5.82 Å². The number of aromatic nitrogens is 1. The van der Waals surface area contributed by atoms with E-state index in [1.165, 1.54) is 5.56 Å². The Bertz CT molecular complexity index is 589. The number of pyridine rings is 1. The Morgan fingerprint density at radius 2 is 2.00 bits per heavy atom. The van der Waals surface area contributed by atoms with Crippen molar-refractivity contribution in [2.45, 2.75) is 13.0 Å². The van der Waals surface area contributed by atoms with Crippen LogP contribution in [0.25, 0.3) is 0 Å². The Morgan fingerprint density at radius 3 is 2.76 bits per heavy atom. The molecule has 4 nitrogen and oxygen atoms in total. The maximum Gasteiger partial charge on any atom is 0.143 e. The van der Waals surface area contributed by atoms with Gasteiger partial charge in [0, 0.05) is 19.3 Å². The maximum atomic E-state index is 8.99. The molecule has 0 atom stereocenters. The highest BCUT2D eigenvalue weighted by Gasteiger charge is 2.02. The third kappa shape index (κ3) is 4.90. The fraction of sp³-hybridized carbons (Fsp3) is 0.294. The zero-order valence-electron chi connectivity index (χ0n) is 12.3. The second-order valence-electron chi connectivity index (χ2n) is 5.02. The van der Waals surface area contributed by atoms with Crippen molar-refractivity contribution in [3.63, 3.8) is 0 Å². The van der Waals surface area contributed by atoms with Crippen molar-refractivity contribution in [1.82, 2.24) is 9.88 Å². The van der Waals surface area contributed by atoms with Crippen LogP contribution in [0.1, 0.15) is 17.5 Å². The third-order valence-corrected chi connectivity index (χ3v) is 3.23. The molecule has 2 aromatic rings. The number of hydrogen-bond donors (Lipinski definition) is 1. The minimum absolute atomic E-state index is 0.593. The van der Waals surface area contributed by atoms with Gasteiger partial charge in [-0.3, -0.25) is 0 Å². The molecule has 2 rings (SSSR count). The van der Waals surface area contributed by atoms with E-state index < -0.39 is 0 Å². The van der Waals surface area contributed by atoms with Gasteiger partial charge in [0.2, 0.25) is 0 Å². The molecule has 0 saturated heterocycles. The molecular weight excluding hydrogens is 260 g/mol. The molecule has 0 saturated carbocycles. The summed E-state index contributed by atoms with van der Waals surface area (Å²) in [5, 5.41) is 12.2. The van der Waals surface area contributed by atoms with Crippen molar-refractivity contribution in [2.75, 3.05) is 25.5 Å². The van der Waals surface area contributed by atoms with E-state index in [2.05, 4.69) is 52.6 Å². The molecular formula is C17H20N4. The second kappa shape index (κ2) is 8.03. The van der Waals surface area contributed by atoms with Crippen LogP contribution in [0, 0.1) is 11.3 Å². The monoisotopic (exact) mass is 280 g/mol. The van der Waals surface area contributed by atoms with E-state index in [0.717, 1.165) is 26.1 Å². The van der Waals surface area contributed by atoms with Crippen LogP contribution in [-0.4, -0.2) is 30.0 Å². The first-order chi connectivity index (χ1) is 10.3. The Kier molecular flexibility index (Phi) is 5.74. The van der Waals surface area contributed by atoms with Gasteiger partial charge in [-0.05, 0) is 37.7 Å². The molecule has 0 aliphatic rings. The van der Waals surface area contributed by atoms with Gasteiger partial charge in [-0.25, -0.2) is 4.98 Å². The molecule has 4 heteroatoms. The topological polar surface area (TPSA) is 52.0 Å². The van der Waals surface area contributed by atoms with Crippen molar-refractivity contribution in [3.05, 3.63) is 59.8 Å². The quantitative estimate of drug-likeness (QED) is 0.792. The maximum absolute atomic E-state index is 8.99. The average Bonchev–Trinajstić information content (AvgIpc) is 2.53. The van der Waals surface area contributed by atoms with E-state index in [1.54, 1.807) is 18.3 Å². The lowest BCUT2D eigenvalue weighted by atomic mass is 10.2. The standard InChI is InChI=1S/C17H20N4/c1-21(14-15-7-3-2-4-8-15)12-6-11-20-17-16(13-18)9-5-10-19-17/h2-5,7-10H,6,11-12,14H2,1H3,(H,19,20). The van der Waals surface area contributed by atoms with E-state index >= 15 is 0 Å². The van der Waals surface area contributed by atoms with Gasteiger partial charge in [-0.2, -0.15) is 5.26 Å². The smallest absolute Gasteiger partial charge is 0.143 e. The first-order valence-electron chi connectivity index (χ1n) is 7.11. The predicted molar refractivity (Wildman–Crippen MR) is 84.8 cm³/mol. The molecule has 0 amide bonds. The summed E-state index contributed by atoms with van der Waals surface area (Å²) in [6, 6.07) is 16.1. The van der Waals surface area contributed by atoms with Crippen LogP contribution in [0.4, 0.5) is 5.82 Å². The molecule has 1 N–H and O–H groups in total. The van der Waals surface area contributed by atoms with Crippen molar-refractivity contribution < 1.29 is 0 Å². The molecule has 0 bridgehead atoms. The Balaban J connectivity index is 1.71. The van der Waals surface area contributed by atoms with Crippen molar-refractivity contribution in [1.29, 1.82) is 5.26 Å². The van der Waals surface area contributed by atoms with Gasteiger partial charge >= 0.3 is 0 Å². The van der Waals surface area contributed by atoms with Gasteiger partial charge in [0.25, 0.3) is 0 Å². The molecule has 0 spiro atoms. The lowest BCUT2D eigenvalue weighted by molar-refractivity contribution is 0.325. The molecule has 1 heterocycles. The summed E-state index contributed by atoms with van der Waals surface area (Å²) in [6.07, 6.45) is 2.70. The molecule has 108 valence electrons. The molecule has 0 radical (unpaired) electrons. The van der Waals surface area contributed by atoms with Gasteiger partial charge in [0.1, 0.15) is 11.9 Å². The third-order valence-electron chi connectivity index (χ3n) is 3.23. The number of nitrogens with one attached hydrogen (secondary N) is 1. The summed E-state index contributed by atoms with van der Waals surface area (Å²) in [5.74, 6) is 0.672. The van der Waals surface area contributed by atoms with Crippen molar-refractivity contribution in [2.24, 2.45) is 0 Å². The molecule has 0 fully saturated rings. The van der Waals surface area contributed by atoms with E-state index in [-0.39, 0.29) is 0 Å². The largest absolute Gasteiger partial charge is 0.369 e. The SMILES string of the molecule is CN(CCCNc1ncccc1C#N)Cc1ccccc1. The predicted octanol–water partition coefficient (Wildman–Crippen LogP) is 2.89. The fourth-order valence-corrected chi connectivity index (χ4v) is 2.17. The van der Waals surface area contributed by atoms with Gasteiger partial charge in [0.05, 0.1) is 5.56 Å². The molecule has 0 unspecified atom stereocenters. The van der Waals surface area contributed by atoms with Crippen LogP contribution in [0.2, 0.25) is 0 Å². The summed E-state index contributed by atoms with van der Waals surface area (Å²) in [5.41, 5.74) is 1.92. The second-order valence-corrected chi connectivity index (χ2v) is 5.02. The molecule has 21 heavy (non-hydrogen) atoms. The normalized spacial score (nSPS) is 10.3. The summed E-state index contributed by atoms with van der Waals surface area (Å²) >= 11 is 0. The number of rotatable bonds is 7. The van der Waals surface area contributed by atoms with Gasteiger partial charge < -0.3 is 10.2 Å². The lowest BCUT2D eigenvalue weighted by Gasteiger charge is -2.17. The highest BCUT2D eigenvalue weighted by atomic mass is 15.1. The molecule has 1 aromatic heterocycles. The van der Waals surface area contributed by atoms with E-state index in [4.69, 9.17) is 5.26 Å². The Morgan fingerprint density at radius 1 is 1.19 bits per heavy atom. The number of benzene rings is 1. The van der Waals surface area contributed by atoms with Crippen LogP contribution >= 0.6 is 0 Å². The van der Waals surface area contributed by atoms with E-state index in [1.807, 2.05) is 6.07 Å². The first kappa shape index (κ1) is 15.0. The van der Waals surface area contributed by atoms with Gasteiger partial charge in [-0.1, -0.05) is 30.3 Å². The van der Waals surface area contributed by atoms with E-state index in [9.17, 15) is 0 Å². The summed E-state index contributed by atoms with van der Waals surface area (Å²) in [4.78, 5) is 6.48. The van der Waals surface area contributed by atoms with Crippen molar-refractivity contribution in [3.8, 4) is 6.07 Å². The molecule has 0 aliphatic carbocycles. The summed E-state index contributed by atoms with van der Waals surface area (Å²) in [6.45, 7) is 2.76. The fourth-order valence-electron chi connectivity index (χ4n) is 2.17. The molecule has 1 aromatic carbocycles. The lowest BCUT2D eigenvalue weighted by Crippen LogP contribution is -2.21. The zero-order chi connectivity index (χ0) is 14.9. The zero-order valence-corrected chi connectivity index (χ0v) is 12.3. The Labute approximate surface area is 126 Å². The number of nitrogens with zero attached hydrogens (tertiary/aromatic N) is 3.